The first-order valence-electron chi connectivity index (χ1n) is 8.35. The molecule has 3 rings (SSSR count). The minimum atomic E-state index is -0.0527. The molecule has 0 bridgehead atoms. The van der Waals surface area contributed by atoms with Crippen LogP contribution in [0.15, 0.2) is 11.1 Å². The molecule has 3 heterocycles. The maximum Gasteiger partial charge on any atom is 0.262 e. The van der Waals surface area contributed by atoms with E-state index in [1.165, 1.54) is 11.3 Å². The predicted molar refractivity (Wildman–Crippen MR) is 94.6 cm³/mol. The second-order valence-electron chi connectivity index (χ2n) is 6.20. The molecule has 130 valence electrons. The second-order valence-corrected chi connectivity index (χ2v) is 7.40. The maximum absolute atomic E-state index is 12.6. The number of carbonyl (C=O) groups excluding carboxylic acids is 1. The van der Waals surface area contributed by atoms with Crippen molar-refractivity contribution in [1.82, 2.24) is 14.5 Å². The molecule has 6 nitrogen and oxygen atoms in total. The van der Waals surface area contributed by atoms with E-state index in [1.807, 2.05) is 18.7 Å². The first kappa shape index (κ1) is 17.1. The van der Waals surface area contributed by atoms with E-state index in [-0.39, 0.29) is 17.6 Å². The molecule has 0 saturated carbocycles. The number of rotatable bonds is 4. The third-order valence-corrected chi connectivity index (χ3v) is 5.78. The number of thiophene rings is 1. The van der Waals surface area contributed by atoms with Crippen LogP contribution in [0.3, 0.4) is 0 Å². The molecule has 1 fully saturated rings. The third kappa shape index (κ3) is 3.23. The molecule has 0 radical (unpaired) electrons. The van der Waals surface area contributed by atoms with Gasteiger partial charge in [-0.3, -0.25) is 14.2 Å². The number of morpholine rings is 1. The Morgan fingerprint density at radius 1 is 1.46 bits per heavy atom. The number of ether oxygens (including phenoxy) is 1. The van der Waals surface area contributed by atoms with E-state index in [1.54, 1.807) is 10.9 Å². The molecule has 0 N–H and O–H groups in total. The van der Waals surface area contributed by atoms with Gasteiger partial charge in [0.15, 0.2) is 0 Å². The molecule has 1 atom stereocenters. The molecule has 2 aromatic heterocycles. The van der Waals surface area contributed by atoms with Crippen molar-refractivity contribution in [2.45, 2.75) is 46.3 Å². The molecular formula is C17H23N3O3S. The molecule has 1 aliphatic rings. The second kappa shape index (κ2) is 7.03. The van der Waals surface area contributed by atoms with Crippen molar-refractivity contribution < 1.29 is 9.53 Å². The highest BCUT2D eigenvalue weighted by atomic mass is 32.1. The Hall–Kier alpha value is -1.73. The summed E-state index contributed by atoms with van der Waals surface area (Å²) in [5, 5.41) is 0.685. The van der Waals surface area contributed by atoms with Crippen molar-refractivity contribution in [3.63, 3.8) is 0 Å². The minimum Gasteiger partial charge on any atom is -0.375 e. The summed E-state index contributed by atoms with van der Waals surface area (Å²) in [4.78, 5) is 33.2. The summed E-state index contributed by atoms with van der Waals surface area (Å²) in [6.45, 7) is 8.23. The predicted octanol–water partition coefficient (Wildman–Crippen LogP) is 2.10. The van der Waals surface area contributed by atoms with E-state index < -0.39 is 0 Å². The average Bonchev–Trinajstić information content (AvgIpc) is 2.89. The number of aromatic nitrogens is 2. The van der Waals surface area contributed by atoms with Gasteiger partial charge in [-0.15, -0.1) is 11.3 Å². The molecule has 0 unspecified atom stereocenters. The van der Waals surface area contributed by atoms with Crippen LogP contribution in [0.4, 0.5) is 0 Å². The van der Waals surface area contributed by atoms with Crippen LogP contribution in [-0.4, -0.2) is 46.2 Å². The van der Waals surface area contributed by atoms with Gasteiger partial charge in [-0.1, -0.05) is 6.92 Å². The van der Waals surface area contributed by atoms with E-state index in [0.717, 1.165) is 21.7 Å². The zero-order valence-corrected chi connectivity index (χ0v) is 15.2. The van der Waals surface area contributed by atoms with Crippen LogP contribution in [0.25, 0.3) is 10.2 Å². The van der Waals surface area contributed by atoms with Gasteiger partial charge in [0, 0.05) is 30.9 Å². The van der Waals surface area contributed by atoms with Gasteiger partial charge in [-0.2, -0.15) is 0 Å². The van der Waals surface area contributed by atoms with E-state index in [0.29, 0.717) is 38.0 Å². The topological polar surface area (TPSA) is 64.4 Å². The van der Waals surface area contributed by atoms with Crippen molar-refractivity contribution in [2.24, 2.45) is 0 Å². The SMILES string of the molecule is CC[C@H]1CN(C(=O)CCn2cnc3sc(C)c(C)c3c2=O)CCO1. The van der Waals surface area contributed by atoms with Gasteiger partial charge in [-0.05, 0) is 25.8 Å². The average molecular weight is 349 g/mol. The molecule has 1 amide bonds. The van der Waals surface area contributed by atoms with Gasteiger partial charge in [0.05, 0.1) is 24.4 Å². The highest BCUT2D eigenvalue weighted by Gasteiger charge is 2.23. The molecule has 0 spiro atoms. The zero-order valence-electron chi connectivity index (χ0n) is 14.4. The highest BCUT2D eigenvalue weighted by Crippen LogP contribution is 2.25. The number of fused-ring (bicyclic) bond motifs is 1. The van der Waals surface area contributed by atoms with E-state index >= 15 is 0 Å². The van der Waals surface area contributed by atoms with Gasteiger partial charge < -0.3 is 9.64 Å². The maximum atomic E-state index is 12.6. The fourth-order valence-electron chi connectivity index (χ4n) is 3.00. The fourth-order valence-corrected chi connectivity index (χ4v) is 3.98. The van der Waals surface area contributed by atoms with Crippen LogP contribution < -0.4 is 5.56 Å². The van der Waals surface area contributed by atoms with E-state index in [4.69, 9.17) is 4.74 Å². The minimum absolute atomic E-state index is 0.0527. The number of nitrogens with zero attached hydrogens (tertiary/aromatic N) is 3. The molecule has 1 aliphatic heterocycles. The van der Waals surface area contributed by atoms with Crippen molar-refractivity contribution in [1.29, 1.82) is 0 Å². The van der Waals surface area contributed by atoms with Crippen molar-refractivity contribution in [3.05, 3.63) is 27.1 Å². The number of carbonyl (C=O) groups is 1. The number of amides is 1. The largest absolute Gasteiger partial charge is 0.375 e. The van der Waals surface area contributed by atoms with Gasteiger partial charge in [0.1, 0.15) is 4.83 Å². The van der Waals surface area contributed by atoms with E-state index in [2.05, 4.69) is 11.9 Å². The van der Waals surface area contributed by atoms with Gasteiger partial charge in [-0.25, -0.2) is 4.98 Å². The molecular weight excluding hydrogens is 326 g/mol. The van der Waals surface area contributed by atoms with Crippen molar-refractivity contribution >= 4 is 27.5 Å². The highest BCUT2D eigenvalue weighted by molar-refractivity contribution is 7.18. The summed E-state index contributed by atoms with van der Waals surface area (Å²) in [5.41, 5.74) is 0.940. The van der Waals surface area contributed by atoms with Crippen LogP contribution in [-0.2, 0) is 16.1 Å². The summed E-state index contributed by atoms with van der Waals surface area (Å²) >= 11 is 1.54. The van der Waals surface area contributed by atoms with Crippen molar-refractivity contribution in [2.75, 3.05) is 19.7 Å². The lowest BCUT2D eigenvalue weighted by atomic mass is 10.2. The lowest BCUT2D eigenvalue weighted by Gasteiger charge is -2.32. The Morgan fingerprint density at radius 3 is 3.00 bits per heavy atom. The quantitative estimate of drug-likeness (QED) is 0.848. The Morgan fingerprint density at radius 2 is 2.25 bits per heavy atom. The van der Waals surface area contributed by atoms with Crippen LogP contribution in [0.2, 0.25) is 0 Å². The monoisotopic (exact) mass is 349 g/mol. The molecule has 0 aromatic carbocycles. The van der Waals surface area contributed by atoms with Crippen LogP contribution in [0.5, 0.6) is 0 Å². The van der Waals surface area contributed by atoms with Gasteiger partial charge in [0.2, 0.25) is 5.91 Å². The first-order valence-corrected chi connectivity index (χ1v) is 9.17. The van der Waals surface area contributed by atoms with Gasteiger partial charge in [0.25, 0.3) is 5.56 Å². The normalized spacial score (nSPS) is 18.3. The number of hydrogen-bond acceptors (Lipinski definition) is 5. The summed E-state index contributed by atoms with van der Waals surface area (Å²) in [5.74, 6) is 0.0713. The Balaban J connectivity index is 1.71. The smallest absolute Gasteiger partial charge is 0.262 e. The number of aryl methyl sites for hydroxylation is 3. The summed E-state index contributed by atoms with van der Waals surface area (Å²) < 4.78 is 7.15. The molecule has 1 saturated heterocycles. The Kier molecular flexibility index (Phi) is 5.01. The lowest BCUT2D eigenvalue weighted by molar-refractivity contribution is -0.139. The Bertz CT molecular complexity index is 811. The summed E-state index contributed by atoms with van der Waals surface area (Å²) in [7, 11) is 0. The lowest BCUT2D eigenvalue weighted by Crippen LogP contribution is -2.45. The Labute approximate surface area is 145 Å². The van der Waals surface area contributed by atoms with E-state index in [9.17, 15) is 9.59 Å². The number of hydrogen-bond donors (Lipinski definition) is 0. The van der Waals surface area contributed by atoms with Crippen LogP contribution in [0.1, 0.15) is 30.2 Å². The zero-order chi connectivity index (χ0) is 17.3. The van der Waals surface area contributed by atoms with Gasteiger partial charge >= 0.3 is 0 Å². The van der Waals surface area contributed by atoms with Crippen LogP contribution >= 0.6 is 11.3 Å². The summed E-state index contributed by atoms with van der Waals surface area (Å²) in [6, 6.07) is 0. The van der Waals surface area contributed by atoms with Crippen LogP contribution in [0, 0.1) is 13.8 Å². The third-order valence-electron chi connectivity index (χ3n) is 4.67. The molecule has 0 aliphatic carbocycles. The van der Waals surface area contributed by atoms with Crippen molar-refractivity contribution in [3.8, 4) is 0 Å². The standard InChI is InChI=1S/C17H23N3O3S/c1-4-13-9-19(7-8-23-13)14(21)5-6-20-10-18-16-15(17(20)22)11(2)12(3)24-16/h10,13H,4-9H2,1-3H3/t13-/m0/s1. The summed E-state index contributed by atoms with van der Waals surface area (Å²) in [6.07, 6.45) is 2.90. The first-order chi connectivity index (χ1) is 11.5. The molecule has 24 heavy (non-hydrogen) atoms. The molecule has 2 aromatic rings. The molecule has 7 heteroatoms. The fraction of sp³-hybridized carbons (Fsp3) is 0.588.